The van der Waals surface area contributed by atoms with E-state index in [4.69, 9.17) is 4.74 Å². The molecule has 0 bridgehead atoms. The average Bonchev–Trinajstić information content (AvgIpc) is 3.31. The summed E-state index contributed by atoms with van der Waals surface area (Å²) in [6.45, 7) is 4.13. The van der Waals surface area contributed by atoms with Gasteiger partial charge in [-0.15, -0.1) is 11.3 Å². The highest BCUT2D eigenvalue weighted by Gasteiger charge is 2.45. The summed E-state index contributed by atoms with van der Waals surface area (Å²) >= 11 is 5.25. The number of halogens is 1. The minimum atomic E-state index is 0.129. The fourth-order valence-corrected chi connectivity index (χ4v) is 5.05. The van der Waals surface area contributed by atoms with Crippen molar-refractivity contribution in [3.05, 3.63) is 56.7 Å². The van der Waals surface area contributed by atoms with Crippen LogP contribution in [-0.2, 0) is 9.53 Å². The van der Waals surface area contributed by atoms with E-state index in [9.17, 15) is 4.79 Å². The standard InChI is InChI=1S/C21H25BrN2O2S/c1-23(21(25)18-13-17(18)15-4-6-16(22)7-5-15)14-19(20-3-2-12-27-20)24-8-10-26-11-9-24/h2-7,12,17-19H,8-11,13-14H2,1H3/t17-,18-,19-/m1/s1. The topological polar surface area (TPSA) is 32.8 Å². The Hall–Kier alpha value is -1.21. The molecule has 0 spiro atoms. The number of benzene rings is 1. The van der Waals surface area contributed by atoms with Crippen molar-refractivity contribution in [3.8, 4) is 0 Å². The van der Waals surface area contributed by atoms with E-state index >= 15 is 0 Å². The number of nitrogens with zero attached hydrogens (tertiary/aromatic N) is 2. The first-order chi connectivity index (χ1) is 13.1. The van der Waals surface area contributed by atoms with Gasteiger partial charge in [0.25, 0.3) is 0 Å². The lowest BCUT2D eigenvalue weighted by Gasteiger charge is -2.36. The highest BCUT2D eigenvalue weighted by atomic mass is 79.9. The van der Waals surface area contributed by atoms with E-state index in [2.05, 4.69) is 62.6 Å². The van der Waals surface area contributed by atoms with E-state index in [-0.39, 0.29) is 17.9 Å². The molecule has 0 unspecified atom stereocenters. The van der Waals surface area contributed by atoms with E-state index in [1.807, 2.05) is 11.9 Å². The van der Waals surface area contributed by atoms with Crippen molar-refractivity contribution < 1.29 is 9.53 Å². The van der Waals surface area contributed by atoms with Gasteiger partial charge in [0.1, 0.15) is 0 Å². The zero-order chi connectivity index (χ0) is 18.8. The van der Waals surface area contributed by atoms with Gasteiger partial charge in [0, 0.05) is 41.9 Å². The van der Waals surface area contributed by atoms with Crippen molar-refractivity contribution in [3.63, 3.8) is 0 Å². The number of hydrogen-bond acceptors (Lipinski definition) is 4. The van der Waals surface area contributed by atoms with Gasteiger partial charge >= 0.3 is 0 Å². The van der Waals surface area contributed by atoms with Crippen molar-refractivity contribution in [2.45, 2.75) is 18.4 Å². The van der Waals surface area contributed by atoms with Gasteiger partial charge in [0.05, 0.1) is 19.3 Å². The molecule has 1 aromatic heterocycles. The van der Waals surface area contributed by atoms with E-state index in [1.54, 1.807) is 11.3 Å². The quantitative estimate of drug-likeness (QED) is 0.665. The van der Waals surface area contributed by atoms with Crippen LogP contribution >= 0.6 is 27.3 Å². The van der Waals surface area contributed by atoms with Crippen LogP contribution < -0.4 is 0 Å². The summed E-state index contributed by atoms with van der Waals surface area (Å²) in [6, 6.07) is 12.9. The summed E-state index contributed by atoms with van der Waals surface area (Å²) in [4.78, 5) is 18.8. The van der Waals surface area contributed by atoms with Crippen molar-refractivity contribution in [2.75, 3.05) is 39.9 Å². The SMILES string of the molecule is CN(C[C@H](c1cccs1)N1CCOCC1)C(=O)[C@@H]1C[C@@H]1c1ccc(Br)cc1. The molecule has 144 valence electrons. The molecule has 4 nitrogen and oxygen atoms in total. The summed E-state index contributed by atoms with van der Waals surface area (Å²) in [7, 11) is 1.96. The van der Waals surface area contributed by atoms with E-state index in [0.29, 0.717) is 5.92 Å². The number of ether oxygens (including phenoxy) is 1. The van der Waals surface area contributed by atoms with Gasteiger partial charge < -0.3 is 9.64 Å². The first-order valence-electron chi connectivity index (χ1n) is 9.49. The molecule has 0 N–H and O–H groups in total. The summed E-state index contributed by atoms with van der Waals surface area (Å²) < 4.78 is 6.60. The van der Waals surface area contributed by atoms with Crippen LogP contribution in [0, 0.1) is 5.92 Å². The second-order valence-corrected chi connectivity index (χ2v) is 9.29. The third kappa shape index (κ3) is 4.45. The molecule has 1 aromatic carbocycles. The highest BCUT2D eigenvalue weighted by molar-refractivity contribution is 9.10. The van der Waals surface area contributed by atoms with Gasteiger partial charge in [-0.05, 0) is 41.5 Å². The zero-order valence-corrected chi connectivity index (χ0v) is 17.9. The molecule has 6 heteroatoms. The Balaban J connectivity index is 1.41. The van der Waals surface area contributed by atoms with Crippen LogP contribution in [0.3, 0.4) is 0 Å². The maximum atomic E-state index is 13.0. The van der Waals surface area contributed by atoms with Crippen LogP contribution in [0.25, 0.3) is 0 Å². The maximum Gasteiger partial charge on any atom is 0.226 e. The number of rotatable bonds is 6. The monoisotopic (exact) mass is 448 g/mol. The molecule has 1 aliphatic heterocycles. The zero-order valence-electron chi connectivity index (χ0n) is 15.5. The lowest BCUT2D eigenvalue weighted by atomic mass is 10.1. The molecule has 1 amide bonds. The Morgan fingerprint density at radius 3 is 2.70 bits per heavy atom. The highest BCUT2D eigenvalue weighted by Crippen LogP contribution is 2.48. The van der Waals surface area contributed by atoms with Crippen LogP contribution in [-0.4, -0.2) is 55.6 Å². The predicted molar refractivity (Wildman–Crippen MR) is 112 cm³/mol. The lowest BCUT2D eigenvalue weighted by molar-refractivity contribution is -0.132. The molecule has 1 saturated heterocycles. The molecule has 27 heavy (non-hydrogen) atoms. The van der Waals surface area contributed by atoms with E-state index in [0.717, 1.165) is 43.7 Å². The van der Waals surface area contributed by atoms with Gasteiger partial charge in [0.15, 0.2) is 0 Å². The normalized spacial score (nSPS) is 23.8. The molecule has 1 aliphatic carbocycles. The van der Waals surface area contributed by atoms with Gasteiger partial charge in [-0.3, -0.25) is 9.69 Å². The number of carbonyl (C=O) groups is 1. The van der Waals surface area contributed by atoms with Gasteiger partial charge in [0.2, 0.25) is 5.91 Å². The summed E-state index contributed by atoms with van der Waals surface area (Å²) in [5.41, 5.74) is 1.27. The van der Waals surface area contributed by atoms with Crippen molar-refractivity contribution in [1.82, 2.24) is 9.80 Å². The Labute approximate surface area is 173 Å². The van der Waals surface area contributed by atoms with Gasteiger partial charge in [-0.25, -0.2) is 0 Å². The van der Waals surface area contributed by atoms with Crippen LogP contribution in [0.1, 0.15) is 28.8 Å². The van der Waals surface area contributed by atoms with Crippen molar-refractivity contribution >= 4 is 33.2 Å². The molecular formula is C21H25BrN2O2S. The van der Waals surface area contributed by atoms with Crippen molar-refractivity contribution in [1.29, 1.82) is 0 Å². The fraction of sp³-hybridized carbons (Fsp3) is 0.476. The third-order valence-corrected chi connectivity index (χ3v) is 7.09. The molecule has 2 fully saturated rings. The molecule has 2 aromatic rings. The van der Waals surface area contributed by atoms with Crippen LogP contribution in [0.5, 0.6) is 0 Å². The number of likely N-dealkylation sites (N-methyl/N-ethyl adjacent to an activating group) is 1. The first-order valence-corrected chi connectivity index (χ1v) is 11.2. The molecular weight excluding hydrogens is 424 g/mol. The number of amides is 1. The number of morpholine rings is 1. The minimum absolute atomic E-state index is 0.129. The first kappa shape index (κ1) is 19.1. The number of hydrogen-bond donors (Lipinski definition) is 0. The number of carbonyl (C=O) groups excluding carboxylic acids is 1. The molecule has 1 saturated carbocycles. The fourth-order valence-electron chi connectivity index (χ4n) is 3.93. The number of thiophene rings is 1. The Bertz CT molecular complexity index is 759. The molecule has 0 radical (unpaired) electrons. The Kier molecular flexibility index (Phi) is 5.97. The van der Waals surface area contributed by atoms with Gasteiger partial charge in [-0.1, -0.05) is 34.1 Å². The third-order valence-electron chi connectivity index (χ3n) is 5.59. The summed E-state index contributed by atoms with van der Waals surface area (Å²) in [5, 5.41) is 2.12. The smallest absolute Gasteiger partial charge is 0.226 e. The molecule has 2 heterocycles. The van der Waals surface area contributed by atoms with Gasteiger partial charge in [-0.2, -0.15) is 0 Å². The Morgan fingerprint density at radius 1 is 1.30 bits per heavy atom. The molecule has 4 rings (SSSR count). The second-order valence-electron chi connectivity index (χ2n) is 7.40. The summed E-state index contributed by atoms with van der Waals surface area (Å²) in [5.74, 6) is 0.777. The van der Waals surface area contributed by atoms with Crippen LogP contribution in [0.2, 0.25) is 0 Å². The average molecular weight is 449 g/mol. The van der Waals surface area contributed by atoms with Crippen molar-refractivity contribution in [2.24, 2.45) is 5.92 Å². The predicted octanol–water partition coefficient (Wildman–Crippen LogP) is 4.15. The van der Waals surface area contributed by atoms with Crippen LogP contribution in [0.4, 0.5) is 0 Å². The van der Waals surface area contributed by atoms with E-state index < -0.39 is 0 Å². The lowest BCUT2D eigenvalue weighted by Crippen LogP contribution is -2.44. The second kappa shape index (κ2) is 8.43. The maximum absolute atomic E-state index is 13.0. The largest absolute Gasteiger partial charge is 0.379 e. The van der Waals surface area contributed by atoms with E-state index in [1.165, 1.54) is 10.4 Å². The minimum Gasteiger partial charge on any atom is -0.379 e. The van der Waals surface area contributed by atoms with Crippen LogP contribution in [0.15, 0.2) is 46.3 Å². The Morgan fingerprint density at radius 2 is 2.04 bits per heavy atom. The molecule has 3 atom stereocenters. The summed E-state index contributed by atoms with van der Waals surface area (Å²) in [6.07, 6.45) is 0.964. The molecule has 2 aliphatic rings.